The third-order valence-electron chi connectivity index (χ3n) is 6.96. The first-order valence-electron chi connectivity index (χ1n) is 12.3. The van der Waals surface area contributed by atoms with Gasteiger partial charge in [-0.05, 0) is 49.4 Å². The number of nitrogens with zero attached hydrogens (tertiary/aromatic N) is 3. The van der Waals surface area contributed by atoms with E-state index in [-0.39, 0.29) is 42.4 Å². The summed E-state index contributed by atoms with van der Waals surface area (Å²) in [6.07, 6.45) is 4.16. The largest absolute Gasteiger partial charge is 0.497 e. The Morgan fingerprint density at radius 2 is 2.09 bits per heavy atom. The third kappa shape index (κ3) is 5.75. The fourth-order valence-electron chi connectivity index (χ4n) is 4.38. The second-order valence-electron chi connectivity index (χ2n) is 9.85. The van der Waals surface area contributed by atoms with E-state index in [4.69, 9.17) is 9.47 Å². The van der Waals surface area contributed by atoms with Crippen LogP contribution in [0.2, 0.25) is 0 Å². The van der Waals surface area contributed by atoms with E-state index in [0.29, 0.717) is 36.7 Å². The normalized spacial score (nSPS) is 20.8. The van der Waals surface area contributed by atoms with E-state index < -0.39 is 0 Å². The van der Waals surface area contributed by atoms with Crippen molar-refractivity contribution < 1.29 is 24.2 Å². The number of aliphatic hydroxyl groups is 1. The maximum Gasteiger partial charge on any atom is 0.259 e. The minimum Gasteiger partial charge on any atom is -0.497 e. The highest BCUT2D eigenvalue weighted by Gasteiger charge is 2.35. The average Bonchev–Trinajstić information content (AvgIpc) is 3.69. The van der Waals surface area contributed by atoms with Gasteiger partial charge in [0.05, 0.1) is 26.3 Å². The van der Waals surface area contributed by atoms with Crippen LogP contribution < -0.4 is 9.47 Å². The van der Waals surface area contributed by atoms with Gasteiger partial charge in [-0.3, -0.25) is 9.59 Å². The Hall–Kier alpha value is -3.13. The van der Waals surface area contributed by atoms with E-state index in [2.05, 4.69) is 4.98 Å². The van der Waals surface area contributed by atoms with Gasteiger partial charge in [0, 0.05) is 37.7 Å². The molecule has 8 nitrogen and oxygen atoms in total. The number of hydrogen-bond donors (Lipinski definition) is 1. The van der Waals surface area contributed by atoms with Crippen LogP contribution in [0, 0.1) is 11.8 Å². The zero-order valence-electron chi connectivity index (χ0n) is 20.9. The Bertz CT molecular complexity index is 1070. The Morgan fingerprint density at radius 1 is 1.31 bits per heavy atom. The van der Waals surface area contributed by atoms with Gasteiger partial charge >= 0.3 is 0 Å². The average molecular weight is 482 g/mol. The number of fused-ring (bicyclic) bond motifs is 1. The topological polar surface area (TPSA) is 92.2 Å². The first-order chi connectivity index (χ1) is 16.8. The summed E-state index contributed by atoms with van der Waals surface area (Å²) in [6.45, 7) is 4.48. The smallest absolute Gasteiger partial charge is 0.259 e. The molecule has 4 rings (SSSR count). The second kappa shape index (κ2) is 10.6. The van der Waals surface area contributed by atoms with E-state index in [1.54, 1.807) is 36.2 Å². The first-order valence-corrected chi connectivity index (χ1v) is 12.3. The van der Waals surface area contributed by atoms with Gasteiger partial charge in [-0.1, -0.05) is 19.1 Å². The zero-order valence-corrected chi connectivity index (χ0v) is 20.9. The Morgan fingerprint density at radius 3 is 2.77 bits per heavy atom. The quantitative estimate of drug-likeness (QED) is 0.622. The van der Waals surface area contributed by atoms with Crippen LogP contribution in [0.1, 0.15) is 43.5 Å². The summed E-state index contributed by atoms with van der Waals surface area (Å²) in [5, 5.41) is 9.86. The second-order valence-corrected chi connectivity index (χ2v) is 9.85. The van der Waals surface area contributed by atoms with Crippen molar-refractivity contribution in [2.45, 2.75) is 45.3 Å². The Balaban J connectivity index is 1.67. The molecule has 0 bridgehead atoms. The van der Waals surface area contributed by atoms with Gasteiger partial charge in [-0.2, -0.15) is 0 Å². The first kappa shape index (κ1) is 25.0. The van der Waals surface area contributed by atoms with E-state index in [1.165, 1.54) is 0 Å². The molecule has 2 aromatic rings. The van der Waals surface area contributed by atoms with E-state index >= 15 is 0 Å². The van der Waals surface area contributed by atoms with Gasteiger partial charge in [0.15, 0.2) is 0 Å². The summed E-state index contributed by atoms with van der Waals surface area (Å²) in [6, 6.07) is 8.97. The van der Waals surface area contributed by atoms with E-state index in [0.717, 1.165) is 24.0 Å². The van der Waals surface area contributed by atoms with Crippen molar-refractivity contribution in [3.05, 3.63) is 42.1 Å². The van der Waals surface area contributed by atoms with Gasteiger partial charge in [0.2, 0.25) is 11.8 Å². The highest BCUT2D eigenvalue weighted by Crippen LogP contribution is 2.34. The SMILES string of the molecule is COc1cccc(-c2cnc3c(c2)C(=O)N([C@H](C)CO)C[C@H](C)[C@@H](CN(C)C(=O)CC2CC2)O3)c1. The number of amides is 2. The van der Waals surface area contributed by atoms with Crippen molar-refractivity contribution in [1.82, 2.24) is 14.8 Å². The van der Waals surface area contributed by atoms with Gasteiger partial charge < -0.3 is 24.4 Å². The molecule has 2 amide bonds. The van der Waals surface area contributed by atoms with Crippen LogP contribution in [0.25, 0.3) is 11.1 Å². The van der Waals surface area contributed by atoms with Crippen LogP contribution >= 0.6 is 0 Å². The summed E-state index contributed by atoms with van der Waals surface area (Å²) in [5.74, 6) is 1.27. The predicted octanol–water partition coefficient (Wildman–Crippen LogP) is 3.24. The molecular weight excluding hydrogens is 446 g/mol. The molecule has 0 radical (unpaired) electrons. The maximum absolute atomic E-state index is 13.6. The molecule has 3 atom stereocenters. The highest BCUT2D eigenvalue weighted by molar-refractivity contribution is 5.98. The Kier molecular flexibility index (Phi) is 7.60. The molecule has 1 fully saturated rings. The summed E-state index contributed by atoms with van der Waals surface area (Å²) < 4.78 is 11.7. The number of hydrogen-bond acceptors (Lipinski definition) is 6. The van der Waals surface area contributed by atoms with Crippen molar-refractivity contribution in [2.24, 2.45) is 11.8 Å². The monoisotopic (exact) mass is 481 g/mol. The van der Waals surface area contributed by atoms with E-state index in [9.17, 15) is 14.7 Å². The molecule has 1 aliphatic carbocycles. The predicted molar refractivity (Wildman–Crippen MR) is 132 cm³/mol. The number of pyridine rings is 1. The van der Waals surface area contributed by atoms with Crippen molar-refractivity contribution in [3.8, 4) is 22.8 Å². The van der Waals surface area contributed by atoms with Crippen LogP contribution in [0.3, 0.4) is 0 Å². The van der Waals surface area contributed by atoms with Crippen LogP contribution in [0.5, 0.6) is 11.6 Å². The molecule has 1 aromatic heterocycles. The maximum atomic E-state index is 13.6. The van der Waals surface area contributed by atoms with Crippen molar-refractivity contribution in [2.75, 3.05) is 33.9 Å². The standard InChI is InChI=1S/C27H35N3O5/c1-17-14-30(18(2)16-31)27(33)23-12-21(20-6-5-7-22(11-20)34-4)13-28-26(23)35-24(17)15-29(3)25(32)10-19-8-9-19/h5-7,11-13,17-19,24,31H,8-10,14-16H2,1-4H3/t17-,18+,24+/m0/s1. The number of carbonyl (C=O) groups excluding carboxylic acids is 2. The summed E-state index contributed by atoms with van der Waals surface area (Å²) in [5.41, 5.74) is 1.97. The van der Waals surface area contributed by atoms with Crippen LogP contribution in [0.15, 0.2) is 36.5 Å². The molecule has 2 aliphatic rings. The number of rotatable bonds is 8. The molecule has 1 aliphatic heterocycles. The van der Waals surface area contributed by atoms with Gasteiger partial charge in [-0.15, -0.1) is 0 Å². The number of carbonyl (C=O) groups is 2. The van der Waals surface area contributed by atoms with Gasteiger partial charge in [-0.25, -0.2) is 4.98 Å². The van der Waals surface area contributed by atoms with Crippen LogP contribution in [-0.2, 0) is 4.79 Å². The molecule has 1 N–H and O–H groups in total. The molecular formula is C27H35N3O5. The number of likely N-dealkylation sites (N-methyl/N-ethyl adjacent to an activating group) is 1. The lowest BCUT2D eigenvalue weighted by molar-refractivity contribution is -0.131. The molecule has 8 heteroatoms. The van der Waals surface area contributed by atoms with Crippen molar-refractivity contribution >= 4 is 11.8 Å². The van der Waals surface area contributed by atoms with Gasteiger partial charge in [0.1, 0.15) is 17.4 Å². The number of methoxy groups -OCH3 is 1. The molecule has 35 heavy (non-hydrogen) atoms. The summed E-state index contributed by atoms with van der Waals surface area (Å²) in [4.78, 5) is 34.2. The minimum atomic E-state index is -0.369. The molecule has 2 heterocycles. The Labute approximate surface area is 206 Å². The third-order valence-corrected chi connectivity index (χ3v) is 6.96. The van der Waals surface area contributed by atoms with E-state index in [1.807, 2.05) is 38.1 Å². The number of ether oxygens (including phenoxy) is 2. The lowest BCUT2D eigenvalue weighted by Crippen LogP contribution is -2.50. The van der Waals surface area contributed by atoms with Gasteiger partial charge in [0.25, 0.3) is 5.91 Å². The highest BCUT2D eigenvalue weighted by atomic mass is 16.5. The molecule has 1 aromatic carbocycles. The molecule has 0 saturated heterocycles. The van der Waals surface area contributed by atoms with Crippen molar-refractivity contribution in [1.29, 1.82) is 0 Å². The lowest BCUT2D eigenvalue weighted by Gasteiger charge is -2.37. The van der Waals surface area contributed by atoms with Crippen molar-refractivity contribution in [3.63, 3.8) is 0 Å². The molecule has 188 valence electrons. The van der Waals surface area contributed by atoms with Crippen LogP contribution in [-0.4, -0.2) is 77.7 Å². The molecule has 0 unspecified atom stereocenters. The number of benzene rings is 1. The fourth-order valence-corrected chi connectivity index (χ4v) is 4.38. The van der Waals surface area contributed by atoms with Crippen LogP contribution in [0.4, 0.5) is 0 Å². The summed E-state index contributed by atoms with van der Waals surface area (Å²) in [7, 11) is 3.41. The fraction of sp³-hybridized carbons (Fsp3) is 0.519. The number of aliphatic hydroxyl groups excluding tert-OH is 1. The lowest BCUT2D eigenvalue weighted by atomic mass is 9.99. The molecule has 1 saturated carbocycles. The minimum absolute atomic E-state index is 0.0721. The zero-order chi connectivity index (χ0) is 25.1. The number of aromatic nitrogens is 1. The molecule has 0 spiro atoms. The summed E-state index contributed by atoms with van der Waals surface area (Å²) >= 11 is 0.